The first-order chi connectivity index (χ1) is 9.58. The Labute approximate surface area is 112 Å². The molecule has 1 heterocycles. The molecule has 1 unspecified atom stereocenters. The van der Waals surface area contributed by atoms with Gasteiger partial charge in [-0.25, -0.2) is 13.2 Å². The van der Waals surface area contributed by atoms with Crippen LogP contribution in [0.1, 0.15) is 17.4 Å². The van der Waals surface area contributed by atoms with Gasteiger partial charge in [-0.2, -0.15) is 0 Å². The molecule has 0 spiro atoms. The second-order valence-electron chi connectivity index (χ2n) is 4.35. The van der Waals surface area contributed by atoms with Gasteiger partial charge in [-0.1, -0.05) is 18.2 Å². The highest BCUT2D eigenvalue weighted by Crippen LogP contribution is 2.30. The first kappa shape index (κ1) is 12.7. The minimum Gasteiger partial charge on any atom is -0.458 e. The molecule has 2 aromatic carbocycles. The lowest BCUT2D eigenvalue weighted by molar-refractivity contribution is 0.185. The van der Waals surface area contributed by atoms with E-state index in [9.17, 15) is 18.3 Å². The fraction of sp³-hybridized carbons (Fsp3) is 0.0667. The van der Waals surface area contributed by atoms with Gasteiger partial charge in [-0.3, -0.25) is 0 Å². The van der Waals surface area contributed by atoms with E-state index in [0.29, 0.717) is 5.58 Å². The summed E-state index contributed by atoms with van der Waals surface area (Å²) in [4.78, 5) is 0. The average molecular weight is 278 g/mol. The summed E-state index contributed by atoms with van der Waals surface area (Å²) in [5.41, 5.74) is 0.146. The Hall–Kier alpha value is -2.27. The van der Waals surface area contributed by atoms with E-state index in [1.807, 2.05) is 0 Å². The molecule has 20 heavy (non-hydrogen) atoms. The predicted molar refractivity (Wildman–Crippen MR) is 66.6 cm³/mol. The van der Waals surface area contributed by atoms with Crippen molar-refractivity contribution in [3.63, 3.8) is 0 Å². The number of aliphatic hydroxyl groups is 1. The molecular weight excluding hydrogens is 269 g/mol. The smallest absolute Gasteiger partial charge is 0.194 e. The van der Waals surface area contributed by atoms with Crippen molar-refractivity contribution in [2.75, 3.05) is 0 Å². The largest absolute Gasteiger partial charge is 0.458 e. The van der Waals surface area contributed by atoms with Crippen LogP contribution in [0, 0.1) is 17.5 Å². The number of hydrogen-bond donors (Lipinski definition) is 1. The number of rotatable bonds is 2. The minimum atomic E-state index is -1.61. The lowest BCUT2D eigenvalue weighted by atomic mass is 10.1. The monoisotopic (exact) mass is 278 g/mol. The summed E-state index contributed by atoms with van der Waals surface area (Å²) < 4.78 is 45.1. The van der Waals surface area contributed by atoms with E-state index in [1.165, 1.54) is 6.07 Å². The van der Waals surface area contributed by atoms with Crippen molar-refractivity contribution in [2.24, 2.45) is 0 Å². The van der Waals surface area contributed by atoms with Gasteiger partial charge in [0.05, 0.1) is 0 Å². The fourth-order valence-electron chi connectivity index (χ4n) is 2.04. The maximum absolute atomic E-state index is 13.6. The molecule has 0 aliphatic rings. The Balaban J connectivity index is 2.08. The van der Waals surface area contributed by atoms with E-state index < -0.39 is 23.6 Å². The van der Waals surface area contributed by atoms with Crippen molar-refractivity contribution in [1.29, 1.82) is 0 Å². The second-order valence-corrected chi connectivity index (χ2v) is 4.35. The number of para-hydroxylation sites is 1. The van der Waals surface area contributed by atoms with E-state index >= 15 is 0 Å². The van der Waals surface area contributed by atoms with Crippen LogP contribution in [0.5, 0.6) is 0 Å². The molecule has 0 fully saturated rings. The van der Waals surface area contributed by atoms with Crippen molar-refractivity contribution >= 4 is 11.0 Å². The SMILES string of the molecule is OC(c1cc2ccccc2o1)c1ccc(F)c(F)c1F. The molecule has 0 amide bonds. The summed E-state index contributed by atoms with van der Waals surface area (Å²) in [7, 11) is 0. The number of hydrogen-bond acceptors (Lipinski definition) is 2. The molecule has 0 aliphatic heterocycles. The van der Waals surface area contributed by atoms with Gasteiger partial charge in [0.15, 0.2) is 17.5 Å². The maximum atomic E-state index is 13.6. The van der Waals surface area contributed by atoms with Crippen LogP contribution in [-0.4, -0.2) is 5.11 Å². The molecule has 102 valence electrons. The quantitative estimate of drug-likeness (QED) is 0.720. The summed E-state index contributed by atoms with van der Waals surface area (Å²) in [6.45, 7) is 0. The molecule has 0 saturated carbocycles. The van der Waals surface area contributed by atoms with E-state index in [1.54, 1.807) is 24.3 Å². The van der Waals surface area contributed by atoms with Gasteiger partial charge in [0, 0.05) is 10.9 Å². The Kier molecular flexibility index (Phi) is 2.99. The standard InChI is InChI=1S/C15H9F3O2/c16-10-6-5-9(13(17)14(10)18)15(19)12-7-8-3-1-2-4-11(8)20-12/h1-7,15,19H. The lowest BCUT2D eigenvalue weighted by Gasteiger charge is -2.09. The van der Waals surface area contributed by atoms with Crippen LogP contribution in [0.2, 0.25) is 0 Å². The maximum Gasteiger partial charge on any atom is 0.194 e. The normalized spacial score (nSPS) is 12.8. The summed E-state index contributed by atoms with van der Waals surface area (Å²) in [5.74, 6) is -4.27. The third-order valence-electron chi connectivity index (χ3n) is 3.07. The number of furan rings is 1. The van der Waals surface area contributed by atoms with Crippen LogP contribution < -0.4 is 0 Å². The zero-order chi connectivity index (χ0) is 14.3. The molecule has 0 bridgehead atoms. The van der Waals surface area contributed by atoms with Crippen molar-refractivity contribution in [2.45, 2.75) is 6.10 Å². The molecular formula is C15H9F3O2. The van der Waals surface area contributed by atoms with Gasteiger partial charge in [0.25, 0.3) is 0 Å². The summed E-state index contributed by atoms with van der Waals surface area (Å²) >= 11 is 0. The molecule has 5 heteroatoms. The second kappa shape index (κ2) is 4.68. The number of benzene rings is 2. The third kappa shape index (κ3) is 1.96. The Bertz CT molecular complexity index is 747. The van der Waals surface area contributed by atoms with Crippen molar-refractivity contribution in [1.82, 2.24) is 0 Å². The number of halogens is 3. The Morgan fingerprint density at radius 2 is 1.70 bits per heavy atom. The zero-order valence-electron chi connectivity index (χ0n) is 10.1. The van der Waals surface area contributed by atoms with E-state index in [0.717, 1.165) is 17.5 Å². The Morgan fingerprint density at radius 1 is 0.950 bits per heavy atom. The van der Waals surface area contributed by atoms with Gasteiger partial charge in [-0.05, 0) is 24.3 Å². The average Bonchev–Trinajstić information content (AvgIpc) is 2.88. The van der Waals surface area contributed by atoms with Gasteiger partial charge in [0.2, 0.25) is 0 Å². The number of fused-ring (bicyclic) bond motifs is 1. The van der Waals surface area contributed by atoms with Crippen LogP contribution in [-0.2, 0) is 0 Å². The van der Waals surface area contributed by atoms with Gasteiger partial charge in [-0.15, -0.1) is 0 Å². The van der Waals surface area contributed by atoms with Crippen LogP contribution >= 0.6 is 0 Å². The van der Waals surface area contributed by atoms with Crippen molar-refractivity contribution < 1.29 is 22.7 Å². The topological polar surface area (TPSA) is 33.4 Å². The Morgan fingerprint density at radius 3 is 2.45 bits per heavy atom. The molecule has 3 aromatic rings. The molecule has 2 nitrogen and oxygen atoms in total. The number of aliphatic hydroxyl groups excluding tert-OH is 1. The van der Waals surface area contributed by atoms with Crippen LogP contribution in [0.3, 0.4) is 0 Å². The first-order valence-corrected chi connectivity index (χ1v) is 5.88. The van der Waals surface area contributed by atoms with Crippen molar-refractivity contribution in [3.8, 4) is 0 Å². The molecule has 0 saturated heterocycles. The van der Waals surface area contributed by atoms with E-state index in [4.69, 9.17) is 4.42 Å². The van der Waals surface area contributed by atoms with Crippen molar-refractivity contribution in [3.05, 3.63) is 71.2 Å². The highest BCUT2D eigenvalue weighted by atomic mass is 19.2. The van der Waals surface area contributed by atoms with Crippen LogP contribution in [0.4, 0.5) is 13.2 Å². The summed E-state index contributed by atoms with van der Waals surface area (Å²) in [6.07, 6.45) is -1.50. The highest BCUT2D eigenvalue weighted by molar-refractivity contribution is 5.77. The van der Waals surface area contributed by atoms with Gasteiger partial charge < -0.3 is 9.52 Å². The highest BCUT2D eigenvalue weighted by Gasteiger charge is 2.23. The first-order valence-electron chi connectivity index (χ1n) is 5.88. The fourth-order valence-corrected chi connectivity index (χ4v) is 2.04. The zero-order valence-corrected chi connectivity index (χ0v) is 10.1. The molecule has 0 radical (unpaired) electrons. The van der Waals surface area contributed by atoms with Gasteiger partial charge in [0.1, 0.15) is 17.4 Å². The van der Waals surface area contributed by atoms with E-state index in [-0.39, 0.29) is 11.3 Å². The third-order valence-corrected chi connectivity index (χ3v) is 3.07. The van der Waals surface area contributed by atoms with E-state index in [2.05, 4.69) is 0 Å². The molecule has 1 aromatic heterocycles. The minimum absolute atomic E-state index is 0.0658. The summed E-state index contributed by atoms with van der Waals surface area (Å²) in [6, 6.07) is 10.3. The molecule has 1 atom stereocenters. The summed E-state index contributed by atoms with van der Waals surface area (Å²) in [5, 5.41) is 10.8. The van der Waals surface area contributed by atoms with Crippen LogP contribution in [0.15, 0.2) is 46.9 Å². The van der Waals surface area contributed by atoms with Crippen LogP contribution in [0.25, 0.3) is 11.0 Å². The molecule has 0 aliphatic carbocycles. The lowest BCUT2D eigenvalue weighted by Crippen LogP contribution is -2.04. The molecule has 1 N–H and O–H groups in total. The predicted octanol–water partition coefficient (Wildman–Crippen LogP) is 3.93. The van der Waals surface area contributed by atoms with Gasteiger partial charge >= 0.3 is 0 Å². The molecule has 3 rings (SSSR count).